The van der Waals surface area contributed by atoms with Gasteiger partial charge in [0.15, 0.2) is 17.3 Å². The van der Waals surface area contributed by atoms with Crippen molar-refractivity contribution >= 4 is 40.3 Å². The number of aliphatic carboxylic acids is 1. The van der Waals surface area contributed by atoms with Crippen molar-refractivity contribution in [3.63, 3.8) is 0 Å². The molecule has 180 valence electrons. The van der Waals surface area contributed by atoms with Crippen molar-refractivity contribution in [3.8, 4) is 23.0 Å². The van der Waals surface area contributed by atoms with Gasteiger partial charge in [0.25, 0.3) is 0 Å². The van der Waals surface area contributed by atoms with Crippen molar-refractivity contribution in [3.05, 3.63) is 64.4 Å². The van der Waals surface area contributed by atoms with E-state index in [0.717, 1.165) is 18.4 Å². The van der Waals surface area contributed by atoms with Crippen molar-refractivity contribution in [1.82, 2.24) is 19.5 Å². The first kappa shape index (κ1) is 23.4. The molecule has 10 heteroatoms. The van der Waals surface area contributed by atoms with Gasteiger partial charge in [-0.15, -0.1) is 0 Å². The van der Waals surface area contributed by atoms with E-state index in [0.29, 0.717) is 40.0 Å². The number of halogens is 2. The monoisotopic (exact) mass is 512 g/mol. The SMILES string of the molecule is C[C@H](Oc1cccc(-c2nc3c(OC4(C)CC4)ncnc3n2Cc2cccc(Cl)c2)c1Cl)C(=O)O. The van der Waals surface area contributed by atoms with E-state index in [-0.39, 0.29) is 16.4 Å². The number of carbonyl (C=O) groups is 1. The molecule has 1 N–H and O–H groups in total. The maximum atomic E-state index is 11.3. The molecule has 8 nitrogen and oxygen atoms in total. The molecule has 1 fully saturated rings. The van der Waals surface area contributed by atoms with Gasteiger partial charge in [-0.3, -0.25) is 0 Å². The number of nitrogens with zero attached hydrogens (tertiary/aromatic N) is 4. The van der Waals surface area contributed by atoms with Gasteiger partial charge in [-0.05, 0) is 56.5 Å². The van der Waals surface area contributed by atoms with Gasteiger partial charge < -0.3 is 19.1 Å². The number of imidazole rings is 1. The van der Waals surface area contributed by atoms with Crippen LogP contribution in [0.15, 0.2) is 48.8 Å². The number of carboxylic acid groups (broad SMARTS) is 1. The molecule has 2 heterocycles. The van der Waals surface area contributed by atoms with E-state index in [4.69, 9.17) is 37.7 Å². The lowest BCUT2D eigenvalue weighted by Gasteiger charge is -2.15. The Labute approximate surface area is 211 Å². The quantitative estimate of drug-likeness (QED) is 0.326. The third-order valence-electron chi connectivity index (χ3n) is 5.88. The molecule has 1 atom stereocenters. The van der Waals surface area contributed by atoms with Gasteiger partial charge in [0.05, 0.1) is 11.6 Å². The molecule has 0 saturated heterocycles. The van der Waals surface area contributed by atoms with Crippen LogP contribution < -0.4 is 9.47 Å². The Morgan fingerprint density at radius 2 is 1.97 bits per heavy atom. The van der Waals surface area contributed by atoms with Crippen molar-refractivity contribution in [2.24, 2.45) is 0 Å². The molecule has 35 heavy (non-hydrogen) atoms. The Bertz CT molecular complexity index is 1430. The lowest BCUT2D eigenvalue weighted by Crippen LogP contribution is -2.23. The second-order valence-electron chi connectivity index (χ2n) is 8.77. The fourth-order valence-corrected chi connectivity index (χ4v) is 4.16. The third kappa shape index (κ3) is 4.76. The number of hydrogen-bond acceptors (Lipinski definition) is 6. The Kier molecular flexibility index (Phi) is 6.02. The third-order valence-corrected chi connectivity index (χ3v) is 6.51. The van der Waals surface area contributed by atoms with Crippen molar-refractivity contribution in [2.75, 3.05) is 0 Å². The minimum atomic E-state index is -1.09. The van der Waals surface area contributed by atoms with Crippen LogP contribution in [0.1, 0.15) is 32.3 Å². The lowest BCUT2D eigenvalue weighted by atomic mass is 10.1. The molecule has 1 saturated carbocycles. The number of hydrogen-bond donors (Lipinski definition) is 1. The second kappa shape index (κ2) is 9.02. The van der Waals surface area contributed by atoms with Crippen molar-refractivity contribution in [1.29, 1.82) is 0 Å². The fourth-order valence-electron chi connectivity index (χ4n) is 3.69. The highest BCUT2D eigenvalue weighted by atomic mass is 35.5. The smallest absolute Gasteiger partial charge is 0.344 e. The summed E-state index contributed by atoms with van der Waals surface area (Å²) in [6, 6.07) is 12.7. The molecule has 1 aliphatic carbocycles. The maximum Gasteiger partial charge on any atom is 0.344 e. The average molecular weight is 513 g/mol. The Morgan fingerprint density at radius 3 is 2.69 bits per heavy atom. The number of ether oxygens (including phenoxy) is 2. The van der Waals surface area contributed by atoms with Crippen LogP contribution in [0, 0.1) is 0 Å². The summed E-state index contributed by atoms with van der Waals surface area (Å²) in [6.07, 6.45) is 2.28. The zero-order valence-electron chi connectivity index (χ0n) is 19.0. The van der Waals surface area contributed by atoms with Crippen LogP contribution in [-0.4, -0.2) is 42.3 Å². The van der Waals surface area contributed by atoms with Gasteiger partial charge in [0, 0.05) is 10.6 Å². The van der Waals surface area contributed by atoms with Crippen LogP contribution >= 0.6 is 23.2 Å². The Balaban J connectivity index is 1.66. The molecule has 0 unspecified atom stereocenters. The van der Waals surface area contributed by atoms with Crippen molar-refractivity contribution < 1.29 is 19.4 Å². The first-order valence-corrected chi connectivity index (χ1v) is 11.8. The number of carboxylic acids is 1. The highest BCUT2D eigenvalue weighted by Gasteiger charge is 2.41. The molecule has 0 radical (unpaired) electrons. The van der Waals surface area contributed by atoms with Gasteiger partial charge >= 0.3 is 5.97 Å². The normalized spacial score (nSPS) is 15.1. The van der Waals surface area contributed by atoms with Crippen LogP contribution in [0.2, 0.25) is 10.0 Å². The minimum absolute atomic E-state index is 0.243. The van der Waals surface area contributed by atoms with E-state index in [1.165, 1.54) is 13.3 Å². The summed E-state index contributed by atoms with van der Waals surface area (Å²) in [5.41, 5.74) is 2.34. The summed E-state index contributed by atoms with van der Waals surface area (Å²) < 4.78 is 13.7. The Morgan fingerprint density at radius 1 is 1.20 bits per heavy atom. The molecule has 4 aromatic rings. The highest BCUT2D eigenvalue weighted by Crippen LogP contribution is 2.42. The second-order valence-corrected chi connectivity index (χ2v) is 9.58. The minimum Gasteiger partial charge on any atom is -0.479 e. The number of fused-ring (bicyclic) bond motifs is 1. The molecule has 0 spiro atoms. The number of benzene rings is 2. The molecule has 0 bridgehead atoms. The van der Waals surface area contributed by atoms with Gasteiger partial charge in [-0.25, -0.2) is 14.8 Å². The predicted molar refractivity (Wildman–Crippen MR) is 132 cm³/mol. The van der Waals surface area contributed by atoms with Crippen LogP contribution in [0.3, 0.4) is 0 Å². The molecule has 5 rings (SSSR count). The summed E-state index contributed by atoms with van der Waals surface area (Å²) in [5.74, 6) is 0.0765. The highest BCUT2D eigenvalue weighted by molar-refractivity contribution is 6.34. The van der Waals surface area contributed by atoms with E-state index in [9.17, 15) is 9.90 Å². The lowest BCUT2D eigenvalue weighted by molar-refractivity contribution is -0.144. The molecular formula is C25H22Cl2N4O4. The van der Waals surface area contributed by atoms with E-state index >= 15 is 0 Å². The van der Waals surface area contributed by atoms with Crippen LogP contribution in [-0.2, 0) is 11.3 Å². The number of rotatable bonds is 8. The van der Waals surface area contributed by atoms with Gasteiger partial charge in [-0.1, -0.05) is 41.4 Å². The van der Waals surface area contributed by atoms with Gasteiger partial charge in [0.1, 0.15) is 23.5 Å². The topological polar surface area (TPSA) is 99.4 Å². The molecule has 2 aromatic carbocycles. The molecule has 0 aliphatic heterocycles. The molecule has 1 aliphatic rings. The molecule has 2 aromatic heterocycles. The molecule has 0 amide bonds. The van der Waals surface area contributed by atoms with Gasteiger partial charge in [0.2, 0.25) is 5.88 Å². The van der Waals surface area contributed by atoms with Gasteiger partial charge in [-0.2, -0.15) is 4.98 Å². The standard InChI is InChI=1S/C25H22Cl2N4O4/c1-14(24(32)33)34-18-8-4-7-17(19(18)27)21-30-20-22(28-13-29-23(20)35-25(2)9-10-25)31(21)12-15-5-3-6-16(26)11-15/h3-8,11,13-14H,9-10,12H2,1-2H3,(H,32,33)/t14-/m0/s1. The maximum absolute atomic E-state index is 11.3. The van der Waals surface area contributed by atoms with Crippen molar-refractivity contribution in [2.45, 2.75) is 44.9 Å². The summed E-state index contributed by atoms with van der Waals surface area (Å²) >= 11 is 12.9. The Hall–Kier alpha value is -3.36. The van der Waals surface area contributed by atoms with Crippen LogP contribution in [0.5, 0.6) is 11.6 Å². The first-order chi connectivity index (χ1) is 16.7. The summed E-state index contributed by atoms with van der Waals surface area (Å²) in [6.45, 7) is 3.89. The summed E-state index contributed by atoms with van der Waals surface area (Å²) in [5, 5.41) is 10.1. The van der Waals surface area contributed by atoms with Crippen LogP contribution in [0.4, 0.5) is 0 Å². The largest absolute Gasteiger partial charge is 0.479 e. The molecular weight excluding hydrogens is 491 g/mol. The predicted octanol–water partition coefficient (Wildman–Crippen LogP) is 5.63. The first-order valence-electron chi connectivity index (χ1n) is 11.1. The van der Waals surface area contributed by atoms with E-state index < -0.39 is 12.1 Å². The van der Waals surface area contributed by atoms with Crippen LogP contribution in [0.25, 0.3) is 22.6 Å². The van der Waals surface area contributed by atoms with E-state index in [1.807, 2.05) is 35.8 Å². The zero-order chi connectivity index (χ0) is 24.7. The average Bonchev–Trinajstić information content (AvgIpc) is 3.43. The fraction of sp³-hybridized carbons (Fsp3) is 0.280. The summed E-state index contributed by atoms with van der Waals surface area (Å²) in [7, 11) is 0. The van der Waals surface area contributed by atoms with E-state index in [2.05, 4.69) is 9.97 Å². The zero-order valence-corrected chi connectivity index (χ0v) is 20.5. The number of aromatic nitrogens is 4. The summed E-state index contributed by atoms with van der Waals surface area (Å²) in [4.78, 5) is 25.0. The van der Waals surface area contributed by atoms with E-state index in [1.54, 1.807) is 18.2 Å².